The second kappa shape index (κ2) is 10.6. The van der Waals surface area contributed by atoms with Crippen molar-refractivity contribution in [2.75, 3.05) is 6.61 Å². The van der Waals surface area contributed by atoms with Crippen LogP contribution in [0.4, 0.5) is 8.78 Å². The van der Waals surface area contributed by atoms with Gasteiger partial charge in [-0.2, -0.15) is 0 Å². The number of carbonyl (C=O) groups excluding carboxylic acids is 2. The number of nitrogens with one attached hydrogen (secondary N) is 1. The van der Waals surface area contributed by atoms with Crippen LogP contribution in [-0.4, -0.2) is 23.5 Å². The molecule has 0 radical (unpaired) electrons. The van der Waals surface area contributed by atoms with E-state index in [1.807, 2.05) is 13.0 Å². The minimum atomic E-state index is -0.766. The summed E-state index contributed by atoms with van der Waals surface area (Å²) in [5, 5.41) is 2.85. The highest BCUT2D eigenvalue weighted by Gasteiger charge is 2.16. The van der Waals surface area contributed by atoms with E-state index in [1.54, 1.807) is 0 Å². The fourth-order valence-electron chi connectivity index (χ4n) is 4.06. The van der Waals surface area contributed by atoms with E-state index in [0.717, 1.165) is 30.5 Å². The summed E-state index contributed by atoms with van der Waals surface area (Å²) in [6.07, 6.45) is 5.94. The summed E-state index contributed by atoms with van der Waals surface area (Å²) in [5.74, 6) is -2.08. The number of ether oxygens (including phenoxy) is 1. The zero-order chi connectivity index (χ0) is 24.1. The van der Waals surface area contributed by atoms with Gasteiger partial charge in [-0.1, -0.05) is 18.2 Å². The van der Waals surface area contributed by atoms with Gasteiger partial charge in [0.05, 0.1) is 24.2 Å². The van der Waals surface area contributed by atoms with Gasteiger partial charge in [0.25, 0.3) is 5.91 Å². The van der Waals surface area contributed by atoms with Crippen LogP contribution in [-0.2, 0) is 33.6 Å². The van der Waals surface area contributed by atoms with Gasteiger partial charge < -0.3 is 14.5 Å². The standard InChI is InChI=1S/C26H26F2N2O4/c1-16(18-7-6-17-4-2-3-5-19(17)12-18)30-24(31)15-33-26(32)11-10-25-29-14-23(34-25)21-9-8-20(27)13-22(21)28/h6-9,12-14,16H,2-5,10-11,15H2,1H3,(H,30,31). The molecule has 178 valence electrons. The van der Waals surface area contributed by atoms with E-state index < -0.39 is 17.6 Å². The third kappa shape index (κ3) is 5.87. The molecule has 0 bridgehead atoms. The summed E-state index contributed by atoms with van der Waals surface area (Å²) < 4.78 is 37.4. The number of aromatic nitrogens is 1. The van der Waals surface area contributed by atoms with Crippen LogP contribution in [0.5, 0.6) is 0 Å². The fraction of sp³-hybridized carbons (Fsp3) is 0.346. The predicted molar refractivity (Wildman–Crippen MR) is 121 cm³/mol. The molecule has 3 aromatic rings. The van der Waals surface area contributed by atoms with Gasteiger partial charge in [0.1, 0.15) is 11.6 Å². The molecular formula is C26H26F2N2O4. The van der Waals surface area contributed by atoms with Crippen LogP contribution >= 0.6 is 0 Å². The first kappa shape index (κ1) is 23.6. The number of hydrogen-bond acceptors (Lipinski definition) is 5. The Bertz CT molecular complexity index is 1190. The highest BCUT2D eigenvalue weighted by atomic mass is 19.1. The number of fused-ring (bicyclic) bond motifs is 1. The van der Waals surface area contributed by atoms with Crippen LogP contribution in [0.1, 0.15) is 54.8 Å². The second-order valence-electron chi connectivity index (χ2n) is 8.43. The number of nitrogens with zero attached hydrogens (tertiary/aromatic N) is 1. The van der Waals surface area contributed by atoms with E-state index in [-0.39, 0.29) is 48.6 Å². The van der Waals surface area contributed by atoms with Crippen LogP contribution in [0.15, 0.2) is 47.0 Å². The summed E-state index contributed by atoms with van der Waals surface area (Å²) in [4.78, 5) is 28.3. The molecule has 34 heavy (non-hydrogen) atoms. The van der Waals surface area contributed by atoms with Gasteiger partial charge in [-0.25, -0.2) is 13.8 Å². The van der Waals surface area contributed by atoms with E-state index >= 15 is 0 Å². The lowest BCUT2D eigenvalue weighted by Crippen LogP contribution is -2.31. The van der Waals surface area contributed by atoms with Gasteiger partial charge in [-0.15, -0.1) is 0 Å². The van der Waals surface area contributed by atoms with Crippen molar-refractivity contribution in [3.05, 3.63) is 76.8 Å². The smallest absolute Gasteiger partial charge is 0.306 e. The summed E-state index contributed by atoms with van der Waals surface area (Å²) in [6.45, 7) is 1.51. The predicted octanol–water partition coefficient (Wildman–Crippen LogP) is 4.85. The Morgan fingerprint density at radius 2 is 1.91 bits per heavy atom. The molecule has 1 atom stereocenters. The third-order valence-electron chi connectivity index (χ3n) is 5.91. The number of rotatable bonds is 8. The molecule has 0 spiro atoms. The topological polar surface area (TPSA) is 81.4 Å². The maximum atomic E-state index is 13.9. The number of amides is 1. The average molecular weight is 469 g/mol. The minimum absolute atomic E-state index is 0.0560. The van der Waals surface area contributed by atoms with Gasteiger partial charge in [-0.05, 0) is 61.4 Å². The summed E-state index contributed by atoms with van der Waals surface area (Å²) >= 11 is 0. The van der Waals surface area contributed by atoms with E-state index in [2.05, 4.69) is 22.4 Å². The molecule has 1 aliphatic carbocycles. The lowest BCUT2D eigenvalue weighted by molar-refractivity contribution is -0.148. The molecule has 1 aliphatic rings. The summed E-state index contributed by atoms with van der Waals surface area (Å²) in [5.41, 5.74) is 3.82. The van der Waals surface area contributed by atoms with Crippen LogP contribution in [0, 0.1) is 11.6 Å². The number of halogens is 2. The molecule has 1 amide bonds. The van der Waals surface area contributed by atoms with Crippen molar-refractivity contribution < 1.29 is 27.5 Å². The molecule has 6 nitrogen and oxygen atoms in total. The normalized spacial score (nSPS) is 13.7. The molecule has 1 N–H and O–H groups in total. The van der Waals surface area contributed by atoms with E-state index in [1.165, 1.54) is 36.2 Å². The molecule has 8 heteroatoms. The SMILES string of the molecule is CC(NC(=O)COC(=O)CCc1ncc(-c2ccc(F)cc2F)o1)c1ccc2c(c1)CCCC2. The van der Waals surface area contributed by atoms with E-state index in [0.29, 0.717) is 0 Å². The Morgan fingerprint density at radius 3 is 2.71 bits per heavy atom. The van der Waals surface area contributed by atoms with Crippen LogP contribution < -0.4 is 5.32 Å². The van der Waals surface area contributed by atoms with Gasteiger partial charge >= 0.3 is 5.97 Å². The molecule has 0 aliphatic heterocycles. The maximum Gasteiger partial charge on any atom is 0.306 e. The van der Waals surface area contributed by atoms with Crippen molar-refractivity contribution >= 4 is 11.9 Å². The minimum Gasteiger partial charge on any atom is -0.456 e. The number of oxazole rings is 1. The molecule has 0 fully saturated rings. The van der Waals surface area contributed by atoms with Crippen molar-refractivity contribution in [3.8, 4) is 11.3 Å². The second-order valence-corrected chi connectivity index (χ2v) is 8.43. The quantitative estimate of drug-likeness (QED) is 0.478. The van der Waals surface area contributed by atoms with Gasteiger partial charge in [0, 0.05) is 12.5 Å². The first-order valence-electron chi connectivity index (χ1n) is 11.4. The van der Waals surface area contributed by atoms with Crippen molar-refractivity contribution in [2.45, 2.75) is 51.5 Å². The number of esters is 1. The number of benzene rings is 2. The Morgan fingerprint density at radius 1 is 1.12 bits per heavy atom. The highest BCUT2D eigenvalue weighted by Crippen LogP contribution is 2.26. The molecule has 2 aromatic carbocycles. The fourth-order valence-corrected chi connectivity index (χ4v) is 4.06. The molecule has 1 heterocycles. The Balaban J connectivity index is 1.22. The Hall–Kier alpha value is -3.55. The van der Waals surface area contributed by atoms with E-state index in [4.69, 9.17) is 9.15 Å². The Kier molecular flexibility index (Phi) is 7.35. The van der Waals surface area contributed by atoms with Crippen molar-refractivity contribution in [3.63, 3.8) is 0 Å². The third-order valence-corrected chi connectivity index (χ3v) is 5.91. The highest BCUT2D eigenvalue weighted by molar-refractivity contribution is 5.80. The maximum absolute atomic E-state index is 13.9. The van der Waals surface area contributed by atoms with Gasteiger partial charge in [-0.3, -0.25) is 9.59 Å². The molecule has 1 aromatic heterocycles. The van der Waals surface area contributed by atoms with Gasteiger partial charge in [0.15, 0.2) is 18.3 Å². The zero-order valence-corrected chi connectivity index (χ0v) is 18.9. The van der Waals surface area contributed by atoms with Crippen molar-refractivity contribution in [2.24, 2.45) is 0 Å². The van der Waals surface area contributed by atoms with Gasteiger partial charge in [0.2, 0.25) is 0 Å². The van der Waals surface area contributed by atoms with Crippen LogP contribution in [0.3, 0.4) is 0 Å². The number of aryl methyl sites for hydroxylation is 3. The number of carbonyl (C=O) groups is 2. The van der Waals surface area contributed by atoms with Crippen molar-refractivity contribution in [1.82, 2.24) is 10.3 Å². The Labute approximate surface area is 196 Å². The monoisotopic (exact) mass is 468 g/mol. The number of hydrogen-bond donors (Lipinski definition) is 1. The lowest BCUT2D eigenvalue weighted by Gasteiger charge is -2.20. The molecule has 4 rings (SSSR count). The first-order valence-corrected chi connectivity index (χ1v) is 11.4. The van der Waals surface area contributed by atoms with Crippen molar-refractivity contribution in [1.29, 1.82) is 0 Å². The molecule has 1 unspecified atom stereocenters. The zero-order valence-electron chi connectivity index (χ0n) is 18.9. The summed E-state index contributed by atoms with van der Waals surface area (Å²) in [6, 6.07) is 9.24. The lowest BCUT2D eigenvalue weighted by atomic mass is 9.89. The van der Waals surface area contributed by atoms with Crippen LogP contribution in [0.2, 0.25) is 0 Å². The van der Waals surface area contributed by atoms with E-state index in [9.17, 15) is 18.4 Å². The molecule has 0 saturated heterocycles. The first-order chi connectivity index (χ1) is 16.4. The molecular weight excluding hydrogens is 442 g/mol. The van der Waals surface area contributed by atoms with Crippen LogP contribution in [0.25, 0.3) is 11.3 Å². The largest absolute Gasteiger partial charge is 0.456 e. The summed E-state index contributed by atoms with van der Waals surface area (Å²) in [7, 11) is 0. The average Bonchev–Trinajstić information content (AvgIpc) is 3.29. The molecule has 0 saturated carbocycles.